The van der Waals surface area contributed by atoms with Gasteiger partial charge >= 0.3 is 0 Å². The van der Waals surface area contributed by atoms with Crippen LogP contribution in [0, 0.1) is 11.3 Å². The molecular weight excluding hydrogens is 492 g/mol. The van der Waals surface area contributed by atoms with Gasteiger partial charge in [0.05, 0.1) is 11.6 Å². The number of benzene rings is 3. The highest BCUT2D eigenvalue weighted by atomic mass is 79.9. The molecule has 0 aromatic heterocycles. The number of methoxy groups -OCH3 is 1. The summed E-state index contributed by atoms with van der Waals surface area (Å²) in [6.45, 7) is 0.663. The summed E-state index contributed by atoms with van der Waals surface area (Å²) in [5.74, 6) is 0.544. The van der Waals surface area contributed by atoms with Crippen molar-refractivity contribution in [3.8, 4) is 17.6 Å². The van der Waals surface area contributed by atoms with Gasteiger partial charge in [0.1, 0.15) is 18.2 Å². The molecule has 0 saturated heterocycles. The predicted octanol–water partition coefficient (Wildman–Crippen LogP) is 5.91. The van der Waals surface area contributed by atoms with Crippen LogP contribution in [0.5, 0.6) is 11.5 Å². The van der Waals surface area contributed by atoms with Crippen LogP contribution in [0.4, 0.5) is 0 Å². The first kappa shape index (κ1) is 23.4. The van der Waals surface area contributed by atoms with Crippen LogP contribution >= 0.6 is 27.5 Å². The van der Waals surface area contributed by atoms with E-state index in [2.05, 4.69) is 21.2 Å². The molecule has 0 unspecified atom stereocenters. The van der Waals surface area contributed by atoms with Crippen LogP contribution in [0.15, 0.2) is 76.8 Å². The fourth-order valence-corrected chi connectivity index (χ4v) is 3.59. The molecule has 3 aromatic rings. The average Bonchev–Trinajstić information content (AvgIpc) is 2.81. The first-order chi connectivity index (χ1) is 15.5. The second kappa shape index (κ2) is 11.4. The lowest BCUT2D eigenvalue weighted by molar-refractivity contribution is -0.117. The molecule has 0 aliphatic carbocycles. The maximum atomic E-state index is 12.5. The Morgan fingerprint density at radius 2 is 1.84 bits per heavy atom. The lowest BCUT2D eigenvalue weighted by Gasteiger charge is -2.14. The van der Waals surface area contributed by atoms with Gasteiger partial charge in [-0.25, -0.2) is 0 Å². The van der Waals surface area contributed by atoms with Gasteiger partial charge in [-0.3, -0.25) is 4.79 Å². The van der Waals surface area contributed by atoms with E-state index >= 15 is 0 Å². The fourth-order valence-electron chi connectivity index (χ4n) is 2.89. The summed E-state index contributed by atoms with van der Waals surface area (Å²) < 4.78 is 12.0. The number of nitrogens with zero attached hydrogens (tertiary/aromatic N) is 1. The van der Waals surface area contributed by atoms with Crippen LogP contribution in [-0.4, -0.2) is 13.0 Å². The summed E-state index contributed by atoms with van der Waals surface area (Å²) in [5, 5.41) is 12.9. The van der Waals surface area contributed by atoms with E-state index in [1.54, 1.807) is 24.3 Å². The lowest BCUT2D eigenvalue weighted by Crippen LogP contribution is -2.23. The second-order valence-corrected chi connectivity index (χ2v) is 8.08. The van der Waals surface area contributed by atoms with Crippen molar-refractivity contribution >= 4 is 39.5 Å². The molecule has 3 rings (SSSR count). The molecular formula is C25H20BrClN2O3. The van der Waals surface area contributed by atoms with Gasteiger partial charge in [0.25, 0.3) is 5.91 Å². The molecule has 1 N–H and O–H groups in total. The van der Waals surface area contributed by atoms with E-state index in [4.69, 9.17) is 21.1 Å². The van der Waals surface area contributed by atoms with Crippen molar-refractivity contribution < 1.29 is 14.3 Å². The van der Waals surface area contributed by atoms with Gasteiger partial charge in [0.2, 0.25) is 0 Å². The normalized spacial score (nSPS) is 10.9. The summed E-state index contributed by atoms with van der Waals surface area (Å²) in [6, 6.07) is 22.3. The number of amides is 1. The predicted molar refractivity (Wildman–Crippen MR) is 128 cm³/mol. The Hall–Kier alpha value is -3.27. The number of rotatable bonds is 8. The van der Waals surface area contributed by atoms with Gasteiger partial charge in [-0.15, -0.1) is 0 Å². The quantitative estimate of drug-likeness (QED) is 0.301. The Balaban J connectivity index is 1.75. The van der Waals surface area contributed by atoms with Crippen molar-refractivity contribution in [1.82, 2.24) is 5.32 Å². The number of carbonyl (C=O) groups excluding carboxylic acids is 1. The molecule has 0 aliphatic rings. The molecule has 1 amide bonds. The fraction of sp³-hybridized carbons (Fsp3) is 0.120. The minimum Gasteiger partial charge on any atom is -0.493 e. The molecule has 0 atom stereocenters. The Morgan fingerprint density at radius 3 is 2.50 bits per heavy atom. The van der Waals surface area contributed by atoms with Crippen molar-refractivity contribution in [2.75, 3.05) is 7.11 Å². The van der Waals surface area contributed by atoms with Crippen LogP contribution in [0.1, 0.15) is 16.7 Å². The smallest absolute Gasteiger partial charge is 0.262 e. The largest absolute Gasteiger partial charge is 0.493 e. The molecule has 0 spiro atoms. The van der Waals surface area contributed by atoms with E-state index in [1.165, 1.54) is 13.2 Å². The van der Waals surface area contributed by atoms with Gasteiger partial charge in [0.15, 0.2) is 11.5 Å². The van der Waals surface area contributed by atoms with Crippen molar-refractivity contribution in [2.45, 2.75) is 13.2 Å². The molecule has 0 saturated carbocycles. The van der Waals surface area contributed by atoms with E-state index in [0.717, 1.165) is 11.1 Å². The van der Waals surface area contributed by atoms with Crippen LogP contribution in [0.2, 0.25) is 5.02 Å². The van der Waals surface area contributed by atoms with Crippen LogP contribution in [0.3, 0.4) is 0 Å². The summed E-state index contributed by atoms with van der Waals surface area (Å²) in [5.41, 5.74) is 2.52. The van der Waals surface area contributed by atoms with Gasteiger partial charge in [-0.1, -0.05) is 54.1 Å². The van der Waals surface area contributed by atoms with E-state index in [-0.39, 0.29) is 5.57 Å². The molecule has 0 bridgehead atoms. The number of nitriles is 1. The maximum absolute atomic E-state index is 12.5. The average molecular weight is 512 g/mol. The Kier molecular flexibility index (Phi) is 8.32. The summed E-state index contributed by atoms with van der Waals surface area (Å²) in [7, 11) is 1.53. The molecule has 32 heavy (non-hydrogen) atoms. The molecule has 7 heteroatoms. The molecule has 3 aromatic carbocycles. The molecule has 0 aliphatic heterocycles. The number of nitrogens with one attached hydrogen (secondary N) is 1. The lowest BCUT2D eigenvalue weighted by atomic mass is 10.1. The number of carbonyl (C=O) groups is 1. The number of ether oxygens (including phenoxy) is 2. The topological polar surface area (TPSA) is 71.3 Å². The van der Waals surface area contributed by atoms with Gasteiger partial charge in [0, 0.05) is 11.6 Å². The van der Waals surface area contributed by atoms with E-state index in [9.17, 15) is 10.1 Å². The first-order valence-corrected chi connectivity index (χ1v) is 10.9. The van der Waals surface area contributed by atoms with Crippen LogP contribution in [-0.2, 0) is 17.9 Å². The highest BCUT2D eigenvalue weighted by Gasteiger charge is 2.14. The van der Waals surface area contributed by atoms with Gasteiger partial charge in [-0.05, 0) is 63.0 Å². The number of halogens is 2. The zero-order valence-corrected chi connectivity index (χ0v) is 19.6. The SMILES string of the molecule is COc1cc(/C=C(\C#N)C(=O)NCc2ccccc2)cc(Br)c1OCc1ccc(Cl)cc1. The molecule has 0 fully saturated rings. The van der Waals surface area contributed by atoms with E-state index in [1.807, 2.05) is 48.5 Å². The van der Waals surface area contributed by atoms with E-state index in [0.29, 0.717) is 39.7 Å². The standard InChI is InChI=1S/C25H20BrClN2O3/c1-31-23-13-19(11-20(14-28)25(30)29-15-17-5-3-2-4-6-17)12-22(26)24(23)32-16-18-7-9-21(27)10-8-18/h2-13H,15-16H2,1H3,(H,29,30)/b20-11+. The number of hydrogen-bond donors (Lipinski definition) is 1. The Morgan fingerprint density at radius 1 is 1.12 bits per heavy atom. The highest BCUT2D eigenvalue weighted by molar-refractivity contribution is 9.10. The summed E-state index contributed by atoms with van der Waals surface area (Å²) in [6.07, 6.45) is 1.51. The molecule has 162 valence electrons. The summed E-state index contributed by atoms with van der Waals surface area (Å²) >= 11 is 9.42. The maximum Gasteiger partial charge on any atom is 0.262 e. The Labute approximate surface area is 200 Å². The number of hydrogen-bond acceptors (Lipinski definition) is 4. The van der Waals surface area contributed by atoms with Crippen LogP contribution in [0.25, 0.3) is 6.08 Å². The van der Waals surface area contributed by atoms with E-state index < -0.39 is 5.91 Å². The Bertz CT molecular complexity index is 1160. The third kappa shape index (κ3) is 6.36. The molecule has 0 heterocycles. The van der Waals surface area contributed by atoms with Gasteiger partial charge < -0.3 is 14.8 Å². The van der Waals surface area contributed by atoms with Gasteiger partial charge in [-0.2, -0.15) is 5.26 Å². The third-order valence-electron chi connectivity index (χ3n) is 4.52. The molecule has 5 nitrogen and oxygen atoms in total. The first-order valence-electron chi connectivity index (χ1n) is 9.69. The zero-order valence-electron chi connectivity index (χ0n) is 17.3. The zero-order chi connectivity index (χ0) is 22.9. The molecule has 0 radical (unpaired) electrons. The minimum absolute atomic E-state index is 0.00952. The monoisotopic (exact) mass is 510 g/mol. The van der Waals surface area contributed by atoms with Crippen LogP contribution < -0.4 is 14.8 Å². The minimum atomic E-state index is -0.450. The third-order valence-corrected chi connectivity index (χ3v) is 5.36. The van der Waals surface area contributed by atoms with Crippen molar-refractivity contribution in [3.05, 3.63) is 98.5 Å². The van der Waals surface area contributed by atoms with Crippen molar-refractivity contribution in [1.29, 1.82) is 5.26 Å². The van der Waals surface area contributed by atoms with Crippen molar-refractivity contribution in [3.63, 3.8) is 0 Å². The summed E-state index contributed by atoms with van der Waals surface area (Å²) in [4.78, 5) is 12.5. The highest BCUT2D eigenvalue weighted by Crippen LogP contribution is 2.37. The second-order valence-electron chi connectivity index (χ2n) is 6.79. The van der Waals surface area contributed by atoms with Crippen molar-refractivity contribution in [2.24, 2.45) is 0 Å².